The van der Waals surface area contributed by atoms with Crippen LogP contribution in [0.5, 0.6) is 0 Å². The molecule has 0 saturated heterocycles. The zero-order valence-corrected chi connectivity index (χ0v) is 11.2. The summed E-state index contributed by atoms with van der Waals surface area (Å²) in [5, 5.41) is 4.61. The van der Waals surface area contributed by atoms with Gasteiger partial charge in [0, 0.05) is 12.3 Å². The second-order valence-corrected chi connectivity index (χ2v) is 4.78. The zero-order chi connectivity index (χ0) is 13.1. The minimum absolute atomic E-state index is 0.326. The maximum absolute atomic E-state index is 5.65. The molecule has 4 heteroatoms. The molecule has 0 aliphatic heterocycles. The summed E-state index contributed by atoms with van der Waals surface area (Å²) in [5.41, 5.74) is 7.92. The Morgan fingerprint density at radius 3 is 2.61 bits per heavy atom. The van der Waals surface area contributed by atoms with Gasteiger partial charge < -0.3 is 5.73 Å². The quantitative estimate of drug-likeness (QED) is 0.897. The molecular weight excluding hydrogens is 224 g/mol. The maximum Gasteiger partial charge on any atom is 0.153 e. The van der Waals surface area contributed by atoms with Crippen molar-refractivity contribution in [2.45, 2.75) is 33.1 Å². The molecule has 4 nitrogen and oxygen atoms in total. The molecule has 0 atom stereocenters. The van der Waals surface area contributed by atoms with Crippen LogP contribution in [0.4, 0.5) is 0 Å². The van der Waals surface area contributed by atoms with Gasteiger partial charge >= 0.3 is 0 Å². The van der Waals surface area contributed by atoms with Gasteiger partial charge in [0.05, 0.1) is 5.69 Å². The van der Waals surface area contributed by atoms with E-state index in [1.807, 2.05) is 16.8 Å². The molecule has 0 saturated carbocycles. The van der Waals surface area contributed by atoms with E-state index in [2.05, 4.69) is 43.0 Å². The van der Waals surface area contributed by atoms with Gasteiger partial charge in [0.1, 0.15) is 5.82 Å². The van der Waals surface area contributed by atoms with E-state index in [0.29, 0.717) is 12.5 Å². The highest BCUT2D eigenvalue weighted by Crippen LogP contribution is 2.17. The van der Waals surface area contributed by atoms with Gasteiger partial charge in [-0.25, -0.2) is 9.67 Å². The molecule has 0 aliphatic rings. The van der Waals surface area contributed by atoms with E-state index in [-0.39, 0.29) is 0 Å². The lowest BCUT2D eigenvalue weighted by Crippen LogP contribution is -2.10. The summed E-state index contributed by atoms with van der Waals surface area (Å²) in [4.78, 5) is 4.59. The fraction of sp³-hybridized carbons (Fsp3) is 0.429. The fourth-order valence-electron chi connectivity index (χ4n) is 1.89. The summed E-state index contributed by atoms with van der Waals surface area (Å²) in [6, 6.07) is 8.19. The largest absolute Gasteiger partial charge is 0.330 e. The van der Waals surface area contributed by atoms with Gasteiger partial charge in [-0.2, -0.15) is 5.10 Å². The SMILES string of the molecule is Cc1ccccc1-n1nc(C(C)C)nc1CCN. The fourth-order valence-corrected chi connectivity index (χ4v) is 1.89. The number of para-hydroxylation sites is 1. The second-order valence-electron chi connectivity index (χ2n) is 4.78. The third-order valence-corrected chi connectivity index (χ3v) is 2.92. The molecule has 2 rings (SSSR count). The van der Waals surface area contributed by atoms with E-state index >= 15 is 0 Å². The van der Waals surface area contributed by atoms with Crippen molar-refractivity contribution in [3.63, 3.8) is 0 Å². The highest BCUT2D eigenvalue weighted by molar-refractivity contribution is 5.40. The molecule has 0 amide bonds. The molecule has 96 valence electrons. The number of hydrogen-bond donors (Lipinski definition) is 1. The van der Waals surface area contributed by atoms with Gasteiger partial charge in [-0.15, -0.1) is 0 Å². The van der Waals surface area contributed by atoms with Crippen LogP contribution in [0.3, 0.4) is 0 Å². The van der Waals surface area contributed by atoms with E-state index in [1.165, 1.54) is 5.56 Å². The molecule has 18 heavy (non-hydrogen) atoms. The van der Waals surface area contributed by atoms with Crippen molar-refractivity contribution in [2.24, 2.45) is 5.73 Å². The molecule has 2 N–H and O–H groups in total. The molecule has 2 aromatic rings. The van der Waals surface area contributed by atoms with Crippen LogP contribution < -0.4 is 5.73 Å². The topological polar surface area (TPSA) is 56.7 Å². The average Bonchev–Trinajstić information content (AvgIpc) is 2.74. The Balaban J connectivity index is 2.52. The standard InChI is InChI=1S/C14H20N4/c1-10(2)14-16-13(8-9-15)18(17-14)12-7-5-4-6-11(12)3/h4-7,10H,8-9,15H2,1-3H3. The summed E-state index contributed by atoms with van der Waals surface area (Å²) in [6.07, 6.45) is 0.744. The Hall–Kier alpha value is -1.68. The third kappa shape index (κ3) is 2.43. The zero-order valence-electron chi connectivity index (χ0n) is 11.2. The van der Waals surface area contributed by atoms with Crippen LogP contribution in [-0.2, 0) is 6.42 Å². The first kappa shape index (κ1) is 12.8. The van der Waals surface area contributed by atoms with E-state index in [9.17, 15) is 0 Å². The minimum Gasteiger partial charge on any atom is -0.330 e. The Kier molecular flexibility index (Phi) is 3.77. The monoisotopic (exact) mass is 244 g/mol. The first-order chi connectivity index (χ1) is 8.63. The van der Waals surface area contributed by atoms with Crippen molar-refractivity contribution in [1.82, 2.24) is 14.8 Å². The molecule has 0 spiro atoms. The summed E-state index contributed by atoms with van der Waals surface area (Å²) in [5.74, 6) is 2.14. The van der Waals surface area contributed by atoms with Gasteiger partial charge in [-0.3, -0.25) is 0 Å². The normalized spacial score (nSPS) is 11.2. The number of nitrogens with zero attached hydrogens (tertiary/aromatic N) is 3. The highest BCUT2D eigenvalue weighted by atomic mass is 15.4. The van der Waals surface area contributed by atoms with E-state index in [1.54, 1.807) is 0 Å². The Labute approximate surface area is 108 Å². The molecule has 0 bridgehead atoms. The lowest BCUT2D eigenvalue weighted by Gasteiger charge is -2.07. The molecular formula is C14H20N4. The third-order valence-electron chi connectivity index (χ3n) is 2.92. The first-order valence-corrected chi connectivity index (χ1v) is 6.35. The number of nitrogens with two attached hydrogens (primary N) is 1. The van der Waals surface area contributed by atoms with E-state index < -0.39 is 0 Å². The lowest BCUT2D eigenvalue weighted by atomic mass is 10.2. The molecule has 1 aromatic heterocycles. The van der Waals surface area contributed by atoms with Crippen molar-refractivity contribution in [1.29, 1.82) is 0 Å². The first-order valence-electron chi connectivity index (χ1n) is 6.35. The number of rotatable bonds is 4. The van der Waals surface area contributed by atoms with Crippen LogP contribution in [0.15, 0.2) is 24.3 Å². The van der Waals surface area contributed by atoms with Crippen LogP contribution >= 0.6 is 0 Å². The van der Waals surface area contributed by atoms with Crippen LogP contribution in [0.1, 0.15) is 37.0 Å². The van der Waals surface area contributed by atoms with Crippen molar-refractivity contribution in [3.8, 4) is 5.69 Å². The molecule has 0 unspecified atom stereocenters. The van der Waals surface area contributed by atoms with Crippen LogP contribution in [-0.4, -0.2) is 21.3 Å². The summed E-state index contributed by atoms with van der Waals surface area (Å²) < 4.78 is 1.93. The second kappa shape index (κ2) is 5.31. The van der Waals surface area contributed by atoms with Gasteiger partial charge in [-0.05, 0) is 25.1 Å². The van der Waals surface area contributed by atoms with Gasteiger partial charge in [0.25, 0.3) is 0 Å². The molecule has 0 fully saturated rings. The van der Waals surface area contributed by atoms with Crippen molar-refractivity contribution >= 4 is 0 Å². The molecule has 1 aromatic carbocycles. The Morgan fingerprint density at radius 2 is 2.00 bits per heavy atom. The van der Waals surface area contributed by atoms with Gasteiger partial charge in [0.15, 0.2) is 5.82 Å². The van der Waals surface area contributed by atoms with Gasteiger partial charge in [0.2, 0.25) is 0 Å². The average molecular weight is 244 g/mol. The molecule has 1 heterocycles. The Bertz CT molecular complexity index is 528. The van der Waals surface area contributed by atoms with Gasteiger partial charge in [-0.1, -0.05) is 32.0 Å². The van der Waals surface area contributed by atoms with Crippen LogP contribution in [0.2, 0.25) is 0 Å². The Morgan fingerprint density at radius 1 is 1.28 bits per heavy atom. The van der Waals surface area contributed by atoms with Crippen LogP contribution in [0.25, 0.3) is 5.69 Å². The van der Waals surface area contributed by atoms with E-state index in [0.717, 1.165) is 23.8 Å². The van der Waals surface area contributed by atoms with Crippen molar-refractivity contribution < 1.29 is 0 Å². The predicted octanol–water partition coefficient (Wildman–Crippen LogP) is 2.20. The highest BCUT2D eigenvalue weighted by Gasteiger charge is 2.14. The number of aromatic nitrogens is 3. The smallest absolute Gasteiger partial charge is 0.153 e. The number of benzene rings is 1. The molecule has 0 aliphatic carbocycles. The number of aryl methyl sites for hydroxylation is 1. The van der Waals surface area contributed by atoms with Crippen molar-refractivity contribution in [2.75, 3.05) is 6.54 Å². The van der Waals surface area contributed by atoms with Crippen LogP contribution in [0, 0.1) is 6.92 Å². The number of hydrogen-bond acceptors (Lipinski definition) is 3. The van der Waals surface area contributed by atoms with E-state index in [4.69, 9.17) is 5.73 Å². The summed E-state index contributed by atoms with van der Waals surface area (Å²) >= 11 is 0. The summed E-state index contributed by atoms with van der Waals surface area (Å²) in [6.45, 7) is 6.87. The maximum atomic E-state index is 5.65. The predicted molar refractivity (Wildman–Crippen MR) is 72.9 cm³/mol. The van der Waals surface area contributed by atoms with Crippen molar-refractivity contribution in [3.05, 3.63) is 41.5 Å². The lowest BCUT2D eigenvalue weighted by molar-refractivity contribution is 0.741. The minimum atomic E-state index is 0.326. The molecule has 0 radical (unpaired) electrons. The summed E-state index contributed by atoms with van der Waals surface area (Å²) in [7, 11) is 0.